The van der Waals surface area contributed by atoms with Crippen molar-refractivity contribution in [3.05, 3.63) is 35.9 Å². The molecular weight excluding hydrogens is 370 g/mol. The lowest BCUT2D eigenvalue weighted by Crippen LogP contribution is -2.48. The van der Waals surface area contributed by atoms with Gasteiger partial charge >= 0.3 is 0 Å². The fraction of sp³-hybridized carbons (Fsp3) is 0.591. The fourth-order valence-electron chi connectivity index (χ4n) is 5.31. The summed E-state index contributed by atoms with van der Waals surface area (Å²) in [5.41, 5.74) is -0.160. The average molecular weight is 399 g/mol. The van der Waals surface area contributed by atoms with Gasteiger partial charge in [0.1, 0.15) is 5.60 Å². The Morgan fingerprint density at radius 1 is 1.10 bits per heavy atom. The zero-order chi connectivity index (χ0) is 20.6. The van der Waals surface area contributed by atoms with Crippen molar-refractivity contribution in [2.75, 3.05) is 26.2 Å². The maximum Gasteiger partial charge on any atom is 0.254 e. The van der Waals surface area contributed by atoms with Crippen molar-refractivity contribution in [1.29, 1.82) is 0 Å². The molecule has 156 valence electrons. The Labute approximate surface area is 171 Å². The lowest BCUT2D eigenvalue weighted by molar-refractivity contribution is -0.150. The van der Waals surface area contributed by atoms with Gasteiger partial charge in [0.25, 0.3) is 5.91 Å². The predicted molar refractivity (Wildman–Crippen MR) is 107 cm³/mol. The molecule has 3 aliphatic rings. The smallest absolute Gasteiger partial charge is 0.254 e. The van der Waals surface area contributed by atoms with Crippen LogP contribution >= 0.6 is 0 Å². The van der Waals surface area contributed by atoms with Crippen molar-refractivity contribution >= 4 is 17.7 Å². The van der Waals surface area contributed by atoms with Gasteiger partial charge in [-0.1, -0.05) is 30.3 Å². The van der Waals surface area contributed by atoms with Crippen LogP contribution in [0.1, 0.15) is 44.2 Å². The molecule has 1 aromatic carbocycles. The van der Waals surface area contributed by atoms with E-state index in [1.165, 1.54) is 6.92 Å². The fourth-order valence-corrected chi connectivity index (χ4v) is 5.31. The van der Waals surface area contributed by atoms with Crippen LogP contribution in [0.25, 0.3) is 0 Å². The number of amides is 3. The van der Waals surface area contributed by atoms with Crippen LogP contribution in [0.5, 0.6) is 0 Å². The summed E-state index contributed by atoms with van der Waals surface area (Å²) in [7, 11) is 0. The Balaban J connectivity index is 1.54. The van der Waals surface area contributed by atoms with E-state index >= 15 is 0 Å². The Morgan fingerprint density at radius 2 is 1.79 bits per heavy atom. The Bertz CT molecular complexity index is 791. The van der Waals surface area contributed by atoms with Gasteiger partial charge < -0.3 is 20.2 Å². The van der Waals surface area contributed by atoms with Crippen LogP contribution in [0.2, 0.25) is 0 Å². The van der Waals surface area contributed by atoms with E-state index in [4.69, 9.17) is 0 Å². The van der Waals surface area contributed by atoms with Gasteiger partial charge in [-0.25, -0.2) is 0 Å². The third-order valence-corrected chi connectivity index (χ3v) is 6.73. The Hall–Kier alpha value is -2.41. The molecule has 0 radical (unpaired) electrons. The third-order valence-electron chi connectivity index (χ3n) is 6.73. The van der Waals surface area contributed by atoms with Crippen LogP contribution in [-0.2, 0) is 14.4 Å². The van der Waals surface area contributed by atoms with E-state index in [-0.39, 0.29) is 42.1 Å². The third kappa shape index (κ3) is 3.75. The largest absolute Gasteiger partial charge is 0.380 e. The van der Waals surface area contributed by atoms with Crippen LogP contribution < -0.4 is 5.32 Å². The van der Waals surface area contributed by atoms with Crippen molar-refractivity contribution in [1.82, 2.24) is 15.1 Å². The lowest BCUT2D eigenvalue weighted by atomic mass is 9.89. The van der Waals surface area contributed by atoms with Crippen LogP contribution in [0, 0.1) is 11.8 Å². The molecule has 0 aromatic heterocycles. The highest BCUT2D eigenvalue weighted by molar-refractivity contribution is 5.86. The number of carbonyl (C=O) groups is 3. The van der Waals surface area contributed by atoms with Gasteiger partial charge in [-0.15, -0.1) is 0 Å². The molecule has 3 atom stereocenters. The van der Waals surface area contributed by atoms with Crippen LogP contribution in [-0.4, -0.2) is 64.4 Å². The molecule has 1 aliphatic carbocycles. The first-order valence-electron chi connectivity index (χ1n) is 10.5. The topological polar surface area (TPSA) is 90.0 Å². The lowest BCUT2D eigenvalue weighted by Gasteiger charge is -2.32. The first kappa shape index (κ1) is 19.9. The SMILES string of the molecule is CC(=O)NCC(=O)N1C[C@@H]2CN(C(=O)C3(O)CCCC3)C[C@@H]2[C@H]1c1ccccc1. The maximum atomic E-state index is 13.0. The molecule has 1 aromatic rings. The van der Waals surface area contributed by atoms with Gasteiger partial charge in [-0.2, -0.15) is 0 Å². The second kappa shape index (κ2) is 7.78. The molecule has 29 heavy (non-hydrogen) atoms. The molecule has 0 unspecified atom stereocenters. The molecule has 2 N–H and O–H groups in total. The van der Waals surface area contributed by atoms with Gasteiger partial charge in [0.05, 0.1) is 12.6 Å². The number of nitrogens with zero attached hydrogens (tertiary/aromatic N) is 2. The number of likely N-dealkylation sites (tertiary alicyclic amines) is 2. The number of nitrogens with one attached hydrogen (secondary N) is 1. The van der Waals surface area contributed by atoms with Crippen LogP contribution in [0.3, 0.4) is 0 Å². The van der Waals surface area contributed by atoms with Crippen LogP contribution in [0.15, 0.2) is 30.3 Å². The van der Waals surface area contributed by atoms with Gasteiger partial charge in [-0.3, -0.25) is 14.4 Å². The number of benzene rings is 1. The first-order chi connectivity index (χ1) is 13.9. The molecule has 2 aliphatic heterocycles. The van der Waals surface area contributed by atoms with E-state index in [1.54, 1.807) is 0 Å². The minimum absolute atomic E-state index is 0.0134. The van der Waals surface area contributed by atoms with E-state index in [1.807, 2.05) is 40.1 Å². The van der Waals surface area contributed by atoms with Crippen molar-refractivity contribution in [2.45, 2.75) is 44.2 Å². The summed E-state index contributed by atoms with van der Waals surface area (Å²) in [5, 5.41) is 13.3. The van der Waals surface area contributed by atoms with Gasteiger partial charge in [0.2, 0.25) is 11.8 Å². The van der Waals surface area contributed by atoms with Crippen molar-refractivity contribution in [3.8, 4) is 0 Å². The number of carbonyl (C=O) groups excluding carboxylic acids is 3. The van der Waals surface area contributed by atoms with E-state index < -0.39 is 5.60 Å². The highest BCUT2D eigenvalue weighted by Crippen LogP contribution is 2.46. The molecule has 3 fully saturated rings. The summed E-state index contributed by atoms with van der Waals surface area (Å²) in [6, 6.07) is 9.76. The standard InChI is InChI=1S/C22H29N3O4/c1-15(26)23-11-19(27)25-13-17-12-24(21(28)22(29)9-5-6-10-22)14-18(17)20(25)16-7-3-2-4-8-16/h2-4,7-8,17-18,20,29H,5-6,9-14H2,1H3,(H,23,26)/t17-,18-,20+/m0/s1. The summed E-state index contributed by atoms with van der Waals surface area (Å²) in [6.07, 6.45) is 2.87. The molecule has 0 bridgehead atoms. The highest BCUT2D eigenvalue weighted by Gasteiger charge is 2.52. The second-order valence-electron chi connectivity index (χ2n) is 8.68. The number of aliphatic hydroxyl groups is 1. The quantitative estimate of drug-likeness (QED) is 0.793. The minimum Gasteiger partial charge on any atom is -0.380 e. The summed E-state index contributed by atoms with van der Waals surface area (Å²) < 4.78 is 0. The number of fused-ring (bicyclic) bond motifs is 1. The molecule has 4 rings (SSSR count). The summed E-state index contributed by atoms with van der Waals surface area (Å²) >= 11 is 0. The summed E-state index contributed by atoms with van der Waals surface area (Å²) in [4.78, 5) is 40.7. The Morgan fingerprint density at radius 3 is 2.45 bits per heavy atom. The molecule has 7 heteroatoms. The van der Waals surface area contributed by atoms with E-state index in [0.29, 0.717) is 32.5 Å². The van der Waals surface area contributed by atoms with Crippen molar-refractivity contribution < 1.29 is 19.5 Å². The summed E-state index contributed by atoms with van der Waals surface area (Å²) in [6.45, 7) is 3.07. The molecular formula is C22H29N3O4. The van der Waals surface area contributed by atoms with Crippen LogP contribution in [0.4, 0.5) is 0 Å². The minimum atomic E-state index is -1.21. The zero-order valence-electron chi connectivity index (χ0n) is 16.8. The zero-order valence-corrected chi connectivity index (χ0v) is 16.8. The molecule has 7 nitrogen and oxygen atoms in total. The average Bonchev–Trinajstić information content (AvgIpc) is 3.40. The molecule has 2 heterocycles. The van der Waals surface area contributed by atoms with Gasteiger partial charge in [0.15, 0.2) is 0 Å². The predicted octanol–water partition coefficient (Wildman–Crippen LogP) is 1.09. The number of hydrogen-bond donors (Lipinski definition) is 2. The van der Waals surface area contributed by atoms with Crippen molar-refractivity contribution in [3.63, 3.8) is 0 Å². The number of rotatable bonds is 4. The summed E-state index contributed by atoms with van der Waals surface area (Å²) in [5.74, 6) is -0.165. The van der Waals surface area contributed by atoms with Gasteiger partial charge in [-0.05, 0) is 31.2 Å². The number of hydrogen-bond acceptors (Lipinski definition) is 4. The normalized spacial score (nSPS) is 27.7. The second-order valence-corrected chi connectivity index (χ2v) is 8.68. The maximum absolute atomic E-state index is 13.0. The molecule has 3 amide bonds. The monoisotopic (exact) mass is 399 g/mol. The molecule has 0 spiro atoms. The van der Waals surface area contributed by atoms with Crippen molar-refractivity contribution in [2.24, 2.45) is 11.8 Å². The molecule has 1 saturated carbocycles. The van der Waals surface area contributed by atoms with Gasteiger partial charge in [0, 0.05) is 38.4 Å². The van der Waals surface area contributed by atoms with E-state index in [9.17, 15) is 19.5 Å². The van der Waals surface area contributed by atoms with E-state index in [2.05, 4.69) is 5.32 Å². The Kier molecular flexibility index (Phi) is 5.34. The van der Waals surface area contributed by atoms with E-state index in [0.717, 1.165) is 18.4 Å². The molecule has 2 saturated heterocycles. The first-order valence-corrected chi connectivity index (χ1v) is 10.5. The highest BCUT2D eigenvalue weighted by atomic mass is 16.3.